The van der Waals surface area contributed by atoms with Crippen LogP contribution >= 0.6 is 11.3 Å². The molecule has 0 spiro atoms. The summed E-state index contributed by atoms with van der Waals surface area (Å²) in [6.45, 7) is 17.6. The molecule has 3 rings (SSSR count). The molecule has 0 saturated carbocycles. The highest BCUT2D eigenvalue weighted by atomic mass is 32.1. The monoisotopic (exact) mass is 953 g/mol. The standard InChI is InChI=1S/C60H104O6S/c1-7-13-19-25-31-37-45-61-51-43-44-52(62-46-38-32-26-20-14-8-2)59-53(51)54-55(63-47-39-33-27-21-15-9-3)56(64-48-40-34-28-22-16-10-4)57(65-49-41-35-29-23-17-11-5)58(60(54)67-59)66-50-42-36-30-24-18-12-6/h43-44H,7-42,45-50H2,1-6H3. The smallest absolute Gasteiger partial charge is 0.209 e. The van der Waals surface area contributed by atoms with Gasteiger partial charge in [-0.05, 0) is 50.7 Å². The van der Waals surface area contributed by atoms with Crippen molar-refractivity contribution in [1.29, 1.82) is 0 Å². The topological polar surface area (TPSA) is 55.4 Å². The minimum Gasteiger partial charge on any atom is -0.493 e. The van der Waals surface area contributed by atoms with Gasteiger partial charge in [0.05, 0.1) is 59.8 Å². The molecule has 0 aliphatic heterocycles. The van der Waals surface area contributed by atoms with Gasteiger partial charge in [0.25, 0.3) is 0 Å². The molecule has 2 aromatic carbocycles. The molecule has 0 saturated heterocycles. The molecule has 67 heavy (non-hydrogen) atoms. The zero-order chi connectivity index (χ0) is 47.8. The molecule has 0 N–H and O–H groups in total. The zero-order valence-electron chi connectivity index (χ0n) is 44.7. The maximum absolute atomic E-state index is 7.15. The lowest BCUT2D eigenvalue weighted by molar-refractivity contribution is 0.222. The molecule has 3 aromatic rings. The van der Waals surface area contributed by atoms with Gasteiger partial charge in [-0.15, -0.1) is 11.3 Å². The summed E-state index contributed by atoms with van der Waals surface area (Å²) in [7, 11) is 0. The quantitative estimate of drug-likeness (QED) is 0.0526. The van der Waals surface area contributed by atoms with E-state index in [1.807, 2.05) is 0 Å². The predicted molar refractivity (Wildman–Crippen MR) is 293 cm³/mol. The number of fused-ring (bicyclic) bond motifs is 3. The van der Waals surface area contributed by atoms with Crippen LogP contribution < -0.4 is 28.4 Å². The number of hydrogen-bond donors (Lipinski definition) is 0. The number of ether oxygens (including phenoxy) is 6. The first-order chi connectivity index (χ1) is 33.2. The first-order valence-corrected chi connectivity index (χ1v) is 29.8. The van der Waals surface area contributed by atoms with E-state index in [-0.39, 0.29) is 0 Å². The van der Waals surface area contributed by atoms with Crippen LogP contribution in [0.25, 0.3) is 20.2 Å². The van der Waals surface area contributed by atoms with E-state index in [0.717, 1.165) is 119 Å². The van der Waals surface area contributed by atoms with E-state index in [1.165, 1.54) is 167 Å². The van der Waals surface area contributed by atoms with Crippen molar-refractivity contribution in [2.24, 2.45) is 0 Å². The van der Waals surface area contributed by atoms with Crippen molar-refractivity contribution in [2.45, 2.75) is 273 Å². The fraction of sp³-hybridized carbons (Fsp3) is 0.800. The maximum atomic E-state index is 7.15. The minimum absolute atomic E-state index is 0.616. The van der Waals surface area contributed by atoms with E-state index >= 15 is 0 Å². The molecule has 0 radical (unpaired) electrons. The highest BCUT2D eigenvalue weighted by Gasteiger charge is 2.31. The van der Waals surface area contributed by atoms with Crippen molar-refractivity contribution in [3.63, 3.8) is 0 Å². The lowest BCUT2D eigenvalue weighted by Gasteiger charge is -2.22. The largest absolute Gasteiger partial charge is 0.493 e. The second-order valence-corrected chi connectivity index (χ2v) is 20.6. The Morgan fingerprint density at radius 3 is 0.896 bits per heavy atom. The fourth-order valence-electron chi connectivity index (χ4n) is 9.07. The second-order valence-electron chi connectivity index (χ2n) is 19.6. The lowest BCUT2D eigenvalue weighted by Crippen LogP contribution is -2.09. The van der Waals surface area contributed by atoms with E-state index in [0.29, 0.717) is 39.6 Å². The van der Waals surface area contributed by atoms with Gasteiger partial charge < -0.3 is 28.4 Å². The summed E-state index contributed by atoms with van der Waals surface area (Å²) >= 11 is 1.77. The Morgan fingerprint density at radius 2 is 0.522 bits per heavy atom. The summed E-state index contributed by atoms with van der Waals surface area (Å²) in [5.41, 5.74) is 0. The lowest BCUT2D eigenvalue weighted by atomic mass is 10.1. The molecule has 386 valence electrons. The van der Waals surface area contributed by atoms with Crippen molar-refractivity contribution in [2.75, 3.05) is 39.6 Å². The fourth-order valence-corrected chi connectivity index (χ4v) is 10.3. The third kappa shape index (κ3) is 23.8. The van der Waals surface area contributed by atoms with Gasteiger partial charge in [0.2, 0.25) is 11.5 Å². The van der Waals surface area contributed by atoms with Crippen molar-refractivity contribution >= 4 is 31.5 Å². The summed E-state index contributed by atoms with van der Waals surface area (Å²) in [4.78, 5) is 0. The molecule has 7 heteroatoms. The van der Waals surface area contributed by atoms with Gasteiger partial charge in [-0.2, -0.15) is 0 Å². The number of benzene rings is 2. The van der Waals surface area contributed by atoms with E-state index in [2.05, 4.69) is 53.7 Å². The molecule has 1 aromatic heterocycles. The summed E-state index contributed by atoms with van der Waals surface area (Å²) in [6.07, 6.45) is 43.7. The summed E-state index contributed by atoms with van der Waals surface area (Å²) < 4.78 is 44.1. The summed E-state index contributed by atoms with van der Waals surface area (Å²) in [5.74, 6) is 4.87. The second kappa shape index (κ2) is 40.2. The summed E-state index contributed by atoms with van der Waals surface area (Å²) in [5, 5.41) is 2.11. The number of unbranched alkanes of at least 4 members (excludes halogenated alkanes) is 30. The molecule has 0 unspecified atom stereocenters. The van der Waals surface area contributed by atoms with Crippen LogP contribution in [0.5, 0.6) is 34.5 Å². The van der Waals surface area contributed by atoms with Crippen LogP contribution in [0.15, 0.2) is 12.1 Å². The molecule has 0 atom stereocenters. The number of hydrogen-bond acceptors (Lipinski definition) is 7. The highest BCUT2D eigenvalue weighted by Crippen LogP contribution is 2.59. The predicted octanol–water partition coefficient (Wildman–Crippen LogP) is 20.5. The van der Waals surface area contributed by atoms with Crippen LogP contribution in [0.4, 0.5) is 0 Å². The minimum atomic E-state index is 0.616. The molecule has 0 amide bonds. The van der Waals surface area contributed by atoms with Gasteiger partial charge >= 0.3 is 0 Å². The Bertz CT molecular complexity index is 1620. The Balaban J connectivity index is 2.23. The van der Waals surface area contributed by atoms with E-state index < -0.39 is 0 Å². The van der Waals surface area contributed by atoms with Crippen molar-refractivity contribution in [3.8, 4) is 34.5 Å². The van der Waals surface area contributed by atoms with Gasteiger partial charge in [0.15, 0.2) is 11.5 Å². The van der Waals surface area contributed by atoms with Gasteiger partial charge in [-0.1, -0.05) is 234 Å². The van der Waals surface area contributed by atoms with Crippen LogP contribution in [0, 0.1) is 0 Å². The first kappa shape index (κ1) is 58.8. The molecule has 6 nitrogen and oxygen atoms in total. The molecule has 0 bridgehead atoms. The molecular weight excluding hydrogens is 849 g/mol. The Kier molecular flexibility index (Phi) is 35.3. The van der Waals surface area contributed by atoms with Crippen molar-refractivity contribution < 1.29 is 28.4 Å². The van der Waals surface area contributed by atoms with Crippen molar-refractivity contribution in [3.05, 3.63) is 12.1 Å². The van der Waals surface area contributed by atoms with Crippen LogP contribution in [0.3, 0.4) is 0 Å². The van der Waals surface area contributed by atoms with Crippen LogP contribution in [-0.4, -0.2) is 39.6 Å². The van der Waals surface area contributed by atoms with Crippen LogP contribution in [-0.2, 0) is 0 Å². The van der Waals surface area contributed by atoms with Gasteiger partial charge in [-0.25, -0.2) is 0 Å². The van der Waals surface area contributed by atoms with Crippen LogP contribution in [0.1, 0.15) is 273 Å². The van der Waals surface area contributed by atoms with Gasteiger partial charge in [0.1, 0.15) is 11.5 Å². The average Bonchev–Trinajstić information content (AvgIpc) is 3.74. The summed E-state index contributed by atoms with van der Waals surface area (Å²) in [6, 6.07) is 4.32. The first-order valence-electron chi connectivity index (χ1n) is 29.0. The Hall–Kier alpha value is -2.54. The van der Waals surface area contributed by atoms with Gasteiger partial charge in [-0.3, -0.25) is 0 Å². The highest BCUT2D eigenvalue weighted by molar-refractivity contribution is 7.26. The normalized spacial score (nSPS) is 11.6. The Labute approximate surface area is 417 Å². The molecule has 0 aliphatic carbocycles. The number of rotatable bonds is 48. The van der Waals surface area contributed by atoms with E-state index in [4.69, 9.17) is 28.4 Å². The van der Waals surface area contributed by atoms with E-state index in [9.17, 15) is 0 Å². The Morgan fingerprint density at radius 1 is 0.254 bits per heavy atom. The van der Waals surface area contributed by atoms with Crippen molar-refractivity contribution in [1.82, 2.24) is 0 Å². The molecule has 0 aliphatic rings. The molecule has 1 heterocycles. The SMILES string of the molecule is CCCCCCCCOc1c(OCCCCCCCC)c(OCCCCCCCC)c2c(sc3c(OCCCCCCCC)ccc(OCCCCCCCC)c32)c1OCCCCCCCC. The average molecular weight is 954 g/mol. The molecular formula is C60H104O6S. The maximum Gasteiger partial charge on any atom is 0.209 e. The number of thiophene rings is 1. The zero-order valence-corrected chi connectivity index (χ0v) is 45.5. The van der Waals surface area contributed by atoms with Gasteiger partial charge in [0, 0.05) is 0 Å². The third-order valence-electron chi connectivity index (χ3n) is 13.3. The van der Waals surface area contributed by atoms with E-state index in [1.54, 1.807) is 11.3 Å². The van der Waals surface area contributed by atoms with Crippen LogP contribution in [0.2, 0.25) is 0 Å². The molecule has 0 fully saturated rings. The third-order valence-corrected chi connectivity index (χ3v) is 14.5.